The summed E-state index contributed by atoms with van der Waals surface area (Å²) in [5.41, 5.74) is 1.50. The Balaban J connectivity index is 0.000000129. The second-order valence-electron chi connectivity index (χ2n) is 11.2. The first-order valence-electron chi connectivity index (χ1n) is 12.5. The Bertz CT molecular complexity index is 961. The fourth-order valence-corrected chi connectivity index (χ4v) is 8.53. The number of hydrogen-bond acceptors (Lipinski definition) is 4. The highest BCUT2D eigenvalue weighted by atomic mass is 16.4. The largest absolute Gasteiger partial charge is 0.508 e. The van der Waals surface area contributed by atoms with Crippen LogP contribution in [0.5, 0.6) is 11.5 Å². The molecule has 4 N–H and O–H groups in total. The molecular weight excluding hydrogens is 414 g/mol. The molecule has 0 amide bonds. The van der Waals surface area contributed by atoms with Crippen LogP contribution in [0.4, 0.5) is 5.69 Å². The van der Waals surface area contributed by atoms with Gasteiger partial charge in [0.2, 0.25) is 0 Å². The van der Waals surface area contributed by atoms with Crippen molar-refractivity contribution in [1.82, 2.24) is 0 Å². The molecule has 7 saturated carbocycles. The van der Waals surface area contributed by atoms with Gasteiger partial charge in [-0.05, 0) is 128 Å². The van der Waals surface area contributed by atoms with Crippen molar-refractivity contribution in [3.8, 4) is 11.5 Å². The molecule has 2 aromatic carbocycles. The van der Waals surface area contributed by atoms with Crippen molar-refractivity contribution in [2.24, 2.45) is 47.3 Å². The van der Waals surface area contributed by atoms with Crippen molar-refractivity contribution in [3.63, 3.8) is 0 Å². The monoisotopic (exact) mass is 447 g/mol. The molecule has 7 aliphatic rings. The summed E-state index contributed by atoms with van der Waals surface area (Å²) in [7, 11) is 0. The van der Waals surface area contributed by atoms with E-state index in [1.54, 1.807) is 50.7 Å². The normalized spacial score (nSPS) is 36.4. The SMILES string of the molecule is C1C2CC3C4CC5CC(C14)C(C2)C3C5.O=C(O)c1ccc(NCc2cc(O)ccc2O)cc1. The number of phenolic OH excluding ortho intramolecular Hbond substituents is 2. The molecule has 0 spiro atoms. The number of hydrogen-bond donors (Lipinski definition) is 4. The fourth-order valence-electron chi connectivity index (χ4n) is 8.53. The number of aromatic carboxylic acids is 1. The minimum Gasteiger partial charge on any atom is -0.508 e. The zero-order valence-electron chi connectivity index (χ0n) is 18.9. The highest BCUT2D eigenvalue weighted by Crippen LogP contribution is 2.71. The van der Waals surface area contributed by atoms with Crippen LogP contribution in [0.3, 0.4) is 0 Å². The molecule has 5 nitrogen and oxygen atoms in total. The third-order valence-corrected chi connectivity index (χ3v) is 9.61. The van der Waals surface area contributed by atoms with Crippen LogP contribution >= 0.6 is 0 Å². The summed E-state index contributed by atoms with van der Waals surface area (Å²) >= 11 is 0. The number of anilines is 1. The molecular formula is C28H33NO4. The number of benzene rings is 2. The summed E-state index contributed by atoms with van der Waals surface area (Å²) in [5.74, 6) is 8.93. The molecule has 7 aliphatic carbocycles. The molecule has 0 radical (unpaired) electrons. The van der Waals surface area contributed by atoms with E-state index >= 15 is 0 Å². The molecule has 0 atom stereocenters. The summed E-state index contributed by atoms with van der Waals surface area (Å²) in [6, 6.07) is 10.6. The zero-order chi connectivity index (χ0) is 22.7. The summed E-state index contributed by atoms with van der Waals surface area (Å²) in [6.07, 6.45) is 9.93. The number of phenols is 2. The van der Waals surface area contributed by atoms with Crippen LogP contribution in [0.15, 0.2) is 42.5 Å². The van der Waals surface area contributed by atoms with E-state index in [-0.39, 0.29) is 17.1 Å². The Hall–Kier alpha value is -2.69. The lowest BCUT2D eigenvalue weighted by atomic mass is 9.36. The van der Waals surface area contributed by atoms with Crippen LogP contribution in [0.2, 0.25) is 0 Å². The third-order valence-electron chi connectivity index (χ3n) is 9.61. The second-order valence-corrected chi connectivity index (χ2v) is 11.2. The molecule has 8 bridgehead atoms. The Morgan fingerprint density at radius 2 is 1.24 bits per heavy atom. The van der Waals surface area contributed by atoms with Crippen LogP contribution in [0.25, 0.3) is 0 Å². The Morgan fingerprint density at radius 1 is 0.758 bits per heavy atom. The van der Waals surface area contributed by atoms with E-state index < -0.39 is 5.97 Å². The molecule has 0 aromatic heterocycles. The van der Waals surface area contributed by atoms with Gasteiger partial charge in [0.25, 0.3) is 0 Å². The van der Waals surface area contributed by atoms with Crippen molar-refractivity contribution in [2.45, 2.75) is 45.1 Å². The van der Waals surface area contributed by atoms with Crippen molar-refractivity contribution in [1.29, 1.82) is 0 Å². The van der Waals surface area contributed by atoms with Gasteiger partial charge < -0.3 is 20.6 Å². The minimum atomic E-state index is -0.975. The zero-order valence-corrected chi connectivity index (χ0v) is 18.9. The van der Waals surface area contributed by atoms with E-state index in [0.29, 0.717) is 12.1 Å². The first-order chi connectivity index (χ1) is 16.0. The van der Waals surface area contributed by atoms with Crippen molar-refractivity contribution in [3.05, 3.63) is 53.6 Å². The number of nitrogens with one attached hydrogen (secondary N) is 1. The van der Waals surface area contributed by atoms with E-state index in [9.17, 15) is 15.0 Å². The first kappa shape index (κ1) is 20.9. The van der Waals surface area contributed by atoms with Crippen LogP contribution < -0.4 is 5.32 Å². The Morgan fingerprint density at radius 3 is 1.70 bits per heavy atom. The molecule has 5 heteroatoms. The highest BCUT2D eigenvalue weighted by Gasteiger charge is 2.63. The van der Waals surface area contributed by atoms with Crippen LogP contribution in [-0.2, 0) is 6.54 Å². The Kier molecular flexibility index (Phi) is 5.04. The molecule has 7 fully saturated rings. The maximum atomic E-state index is 10.7. The summed E-state index contributed by atoms with van der Waals surface area (Å²) < 4.78 is 0. The molecule has 0 heterocycles. The van der Waals surface area contributed by atoms with E-state index in [1.165, 1.54) is 77.7 Å². The number of carbonyl (C=O) groups is 1. The lowest BCUT2D eigenvalue weighted by molar-refractivity contribution is -0.202. The van der Waals surface area contributed by atoms with Gasteiger partial charge in [-0.15, -0.1) is 0 Å². The molecule has 0 aliphatic heterocycles. The predicted octanol–water partition coefficient (Wildman–Crippen LogP) is 5.73. The number of rotatable bonds is 4. The molecule has 9 rings (SSSR count). The van der Waals surface area contributed by atoms with Crippen molar-refractivity contribution < 1.29 is 20.1 Å². The third kappa shape index (κ3) is 3.66. The van der Waals surface area contributed by atoms with Gasteiger partial charge in [0.15, 0.2) is 0 Å². The molecule has 0 saturated heterocycles. The van der Waals surface area contributed by atoms with Gasteiger partial charge in [0, 0.05) is 17.8 Å². The highest BCUT2D eigenvalue weighted by molar-refractivity contribution is 5.88. The van der Waals surface area contributed by atoms with Gasteiger partial charge in [-0.2, -0.15) is 0 Å². The summed E-state index contributed by atoms with van der Waals surface area (Å²) in [6.45, 7) is 0.326. The van der Waals surface area contributed by atoms with Crippen molar-refractivity contribution in [2.75, 3.05) is 5.32 Å². The first-order valence-corrected chi connectivity index (χ1v) is 12.5. The Labute approximate surface area is 194 Å². The lowest BCUT2D eigenvalue weighted by Crippen LogP contribution is -2.62. The van der Waals surface area contributed by atoms with Gasteiger partial charge in [-0.3, -0.25) is 0 Å². The molecule has 0 unspecified atom stereocenters. The summed E-state index contributed by atoms with van der Waals surface area (Å²) in [4.78, 5) is 10.7. The van der Waals surface area contributed by atoms with Crippen LogP contribution in [-0.4, -0.2) is 21.3 Å². The predicted molar refractivity (Wildman–Crippen MR) is 126 cm³/mol. The molecule has 33 heavy (non-hydrogen) atoms. The van der Waals surface area contributed by atoms with E-state index in [1.807, 2.05) is 0 Å². The molecule has 2 aromatic rings. The molecule has 174 valence electrons. The second kappa shape index (κ2) is 7.96. The summed E-state index contributed by atoms with van der Waals surface area (Å²) in [5, 5.41) is 30.7. The number of carboxylic acid groups (broad SMARTS) is 1. The average molecular weight is 448 g/mol. The van der Waals surface area contributed by atoms with Crippen molar-refractivity contribution >= 4 is 11.7 Å². The quantitative estimate of drug-likeness (QED) is 0.449. The lowest BCUT2D eigenvalue weighted by Gasteiger charge is -2.69. The van der Waals surface area contributed by atoms with Crippen LogP contribution in [0.1, 0.15) is 54.4 Å². The smallest absolute Gasteiger partial charge is 0.335 e. The van der Waals surface area contributed by atoms with Crippen LogP contribution in [0, 0.1) is 47.3 Å². The van der Waals surface area contributed by atoms with E-state index in [0.717, 1.165) is 5.69 Å². The maximum Gasteiger partial charge on any atom is 0.335 e. The van der Waals surface area contributed by atoms with Gasteiger partial charge in [-0.1, -0.05) is 0 Å². The van der Waals surface area contributed by atoms with Gasteiger partial charge in [0.05, 0.1) is 5.56 Å². The fraction of sp³-hybridized carbons (Fsp3) is 0.536. The average Bonchev–Trinajstić information content (AvgIpc) is 2.83. The van der Waals surface area contributed by atoms with E-state index in [2.05, 4.69) is 5.32 Å². The van der Waals surface area contributed by atoms with Gasteiger partial charge in [-0.25, -0.2) is 4.79 Å². The maximum absolute atomic E-state index is 10.7. The topological polar surface area (TPSA) is 89.8 Å². The standard InChI is InChI=1S/C14H13NO4.C14H20/c16-12-5-6-13(17)10(7-12)8-15-11-3-1-9(2-4-11)14(18)19;1-7-2-12-10-4-8-5-11(9(1)10)13(3-7)14(12)6-8/h1-7,15-17H,8H2,(H,18,19);7-14H,1-6H2. The van der Waals surface area contributed by atoms with E-state index in [4.69, 9.17) is 5.11 Å². The van der Waals surface area contributed by atoms with Gasteiger partial charge >= 0.3 is 5.97 Å². The van der Waals surface area contributed by atoms with Gasteiger partial charge in [0.1, 0.15) is 11.5 Å². The minimum absolute atomic E-state index is 0.0795. The number of carboxylic acids is 1. The number of aromatic hydroxyl groups is 2.